The number of aldehydes is 1. The van der Waals surface area contributed by atoms with Crippen molar-refractivity contribution in [2.45, 2.75) is 64.8 Å². The SMILES string of the molecule is CCCCc1nc2c(n1Cc1ccc(-c3ccccc3C(=O)O)cc1)CC(=NC(=O)[C@@H]1CCCC[C@@H]1C=O)C=C2. The summed E-state index contributed by atoms with van der Waals surface area (Å²) in [5.41, 5.74) is 5.56. The number of unbranched alkanes of at least 4 members (excludes halogenated alkanes) is 1. The lowest BCUT2D eigenvalue weighted by Crippen LogP contribution is -2.28. The summed E-state index contributed by atoms with van der Waals surface area (Å²) in [5.74, 6) is -0.666. The molecule has 206 valence electrons. The number of carbonyl (C=O) groups excluding carboxylic acids is 2. The highest BCUT2D eigenvalue weighted by molar-refractivity contribution is 6.07. The molecule has 1 saturated carbocycles. The van der Waals surface area contributed by atoms with Crippen LogP contribution in [0.2, 0.25) is 0 Å². The van der Waals surface area contributed by atoms with Crippen LogP contribution in [-0.4, -0.2) is 38.5 Å². The number of aliphatic imine (C=N–C) groups is 1. The van der Waals surface area contributed by atoms with E-state index in [1.54, 1.807) is 12.1 Å². The van der Waals surface area contributed by atoms with Crippen LogP contribution in [0.3, 0.4) is 0 Å². The topological polar surface area (TPSA) is 102 Å². The number of imidazole rings is 1. The quantitative estimate of drug-likeness (QED) is 0.328. The molecular formula is C33H35N3O4. The lowest BCUT2D eigenvalue weighted by Gasteiger charge is -2.25. The zero-order chi connectivity index (χ0) is 28.1. The van der Waals surface area contributed by atoms with Crippen LogP contribution >= 0.6 is 0 Å². The number of benzene rings is 2. The molecule has 5 rings (SSSR count). The van der Waals surface area contributed by atoms with Gasteiger partial charge in [-0.2, -0.15) is 0 Å². The van der Waals surface area contributed by atoms with Gasteiger partial charge in [-0.3, -0.25) is 4.79 Å². The Morgan fingerprint density at radius 2 is 1.85 bits per heavy atom. The van der Waals surface area contributed by atoms with Crippen molar-refractivity contribution in [3.8, 4) is 11.1 Å². The molecule has 2 aromatic carbocycles. The first kappa shape index (κ1) is 27.4. The molecule has 1 amide bonds. The number of aromatic nitrogens is 2. The van der Waals surface area contributed by atoms with Gasteiger partial charge in [0, 0.05) is 31.2 Å². The maximum Gasteiger partial charge on any atom is 0.336 e. The molecule has 0 spiro atoms. The Balaban J connectivity index is 1.40. The summed E-state index contributed by atoms with van der Waals surface area (Å²) in [6.45, 7) is 2.78. The highest BCUT2D eigenvalue weighted by Gasteiger charge is 2.31. The van der Waals surface area contributed by atoms with Gasteiger partial charge in [0.15, 0.2) is 0 Å². The third-order valence-electron chi connectivity index (χ3n) is 8.05. The van der Waals surface area contributed by atoms with Gasteiger partial charge in [-0.1, -0.05) is 68.7 Å². The second-order valence-electron chi connectivity index (χ2n) is 10.7. The van der Waals surface area contributed by atoms with Crippen LogP contribution in [-0.2, 0) is 29.0 Å². The van der Waals surface area contributed by atoms with Gasteiger partial charge in [-0.25, -0.2) is 14.8 Å². The maximum absolute atomic E-state index is 13.0. The minimum absolute atomic E-state index is 0.186. The lowest BCUT2D eigenvalue weighted by molar-refractivity contribution is -0.128. The minimum Gasteiger partial charge on any atom is -0.478 e. The largest absolute Gasteiger partial charge is 0.478 e. The number of aryl methyl sites for hydroxylation is 1. The van der Waals surface area contributed by atoms with Crippen molar-refractivity contribution in [1.29, 1.82) is 0 Å². The molecule has 1 heterocycles. The van der Waals surface area contributed by atoms with Gasteiger partial charge in [0.1, 0.15) is 12.1 Å². The second-order valence-corrected chi connectivity index (χ2v) is 10.7. The fraction of sp³-hybridized carbons (Fsp3) is 0.364. The van der Waals surface area contributed by atoms with Gasteiger partial charge >= 0.3 is 5.97 Å². The van der Waals surface area contributed by atoms with E-state index in [-0.39, 0.29) is 23.3 Å². The van der Waals surface area contributed by atoms with Gasteiger partial charge in [0.25, 0.3) is 0 Å². The van der Waals surface area contributed by atoms with E-state index in [0.717, 1.165) is 79.6 Å². The first-order valence-corrected chi connectivity index (χ1v) is 14.2. The van der Waals surface area contributed by atoms with Crippen LogP contribution in [0.5, 0.6) is 0 Å². The van der Waals surface area contributed by atoms with E-state index in [2.05, 4.69) is 16.5 Å². The summed E-state index contributed by atoms with van der Waals surface area (Å²) in [6.07, 6.45) is 11.6. The van der Waals surface area contributed by atoms with Crippen molar-refractivity contribution in [1.82, 2.24) is 9.55 Å². The summed E-state index contributed by atoms with van der Waals surface area (Å²) < 4.78 is 2.24. The summed E-state index contributed by atoms with van der Waals surface area (Å²) >= 11 is 0. The van der Waals surface area contributed by atoms with Gasteiger partial charge in [-0.05, 0) is 54.2 Å². The summed E-state index contributed by atoms with van der Waals surface area (Å²) in [5, 5.41) is 9.58. The van der Waals surface area contributed by atoms with Crippen LogP contribution in [0.4, 0.5) is 0 Å². The molecule has 7 heteroatoms. The average Bonchev–Trinajstić information content (AvgIpc) is 3.32. The van der Waals surface area contributed by atoms with E-state index in [9.17, 15) is 19.5 Å². The number of nitrogens with zero attached hydrogens (tertiary/aromatic N) is 3. The molecule has 0 radical (unpaired) electrons. The molecule has 0 bridgehead atoms. The Kier molecular flexibility index (Phi) is 8.48. The highest BCUT2D eigenvalue weighted by Crippen LogP contribution is 2.31. The Morgan fingerprint density at radius 3 is 2.60 bits per heavy atom. The predicted molar refractivity (Wildman–Crippen MR) is 155 cm³/mol. The van der Waals surface area contributed by atoms with E-state index in [1.807, 2.05) is 48.6 Å². The number of allylic oxidation sites excluding steroid dienone is 1. The number of carbonyl (C=O) groups is 3. The Hall–Kier alpha value is -4.13. The van der Waals surface area contributed by atoms with E-state index >= 15 is 0 Å². The number of rotatable bonds is 9. The number of fused-ring (bicyclic) bond motifs is 1. The number of carboxylic acids is 1. The lowest BCUT2D eigenvalue weighted by atomic mass is 9.79. The smallest absolute Gasteiger partial charge is 0.336 e. The third kappa shape index (κ3) is 5.88. The Morgan fingerprint density at radius 1 is 1.07 bits per heavy atom. The molecule has 7 nitrogen and oxygen atoms in total. The van der Waals surface area contributed by atoms with Crippen molar-refractivity contribution in [3.05, 3.63) is 82.9 Å². The van der Waals surface area contributed by atoms with Crippen molar-refractivity contribution in [2.24, 2.45) is 16.8 Å². The van der Waals surface area contributed by atoms with Crippen LogP contribution in [0.25, 0.3) is 17.2 Å². The molecule has 0 aliphatic heterocycles. The molecule has 0 saturated heterocycles. The van der Waals surface area contributed by atoms with Crippen LogP contribution in [0.1, 0.15) is 78.6 Å². The number of amides is 1. The minimum atomic E-state index is -0.945. The van der Waals surface area contributed by atoms with Gasteiger partial charge in [0.2, 0.25) is 5.91 Å². The summed E-state index contributed by atoms with van der Waals surface area (Å²) in [6, 6.07) is 15.0. The zero-order valence-corrected chi connectivity index (χ0v) is 22.9. The van der Waals surface area contributed by atoms with Gasteiger partial charge in [0.05, 0.1) is 22.7 Å². The Labute approximate surface area is 234 Å². The van der Waals surface area contributed by atoms with E-state index < -0.39 is 5.97 Å². The van der Waals surface area contributed by atoms with E-state index in [1.165, 1.54) is 0 Å². The standard InChI is InChI=1S/C33H35N3O4/c1-2-3-12-31-35-29-18-17-25(34-32(38)27-10-5-4-8-24(27)21-37)19-30(29)36(31)20-22-13-15-23(16-14-22)26-9-6-7-11-28(26)33(39)40/h6-7,9,11,13-18,21,24,27H,2-5,8,10,12,19-20H2,1H3,(H,39,40)/t24-,27-/m1/s1. The predicted octanol–water partition coefficient (Wildman–Crippen LogP) is 6.18. The zero-order valence-electron chi connectivity index (χ0n) is 22.9. The Bertz CT molecular complexity index is 1470. The summed E-state index contributed by atoms with van der Waals surface area (Å²) in [4.78, 5) is 45.7. The van der Waals surface area contributed by atoms with Crippen LogP contribution in [0.15, 0.2) is 59.6 Å². The second kappa shape index (κ2) is 12.4. The van der Waals surface area contributed by atoms with Gasteiger partial charge < -0.3 is 14.5 Å². The van der Waals surface area contributed by atoms with Crippen molar-refractivity contribution in [3.63, 3.8) is 0 Å². The van der Waals surface area contributed by atoms with Crippen molar-refractivity contribution in [2.75, 3.05) is 0 Å². The monoisotopic (exact) mass is 537 g/mol. The molecule has 40 heavy (non-hydrogen) atoms. The number of hydrogen-bond donors (Lipinski definition) is 1. The van der Waals surface area contributed by atoms with Crippen LogP contribution < -0.4 is 0 Å². The van der Waals surface area contributed by atoms with Crippen molar-refractivity contribution >= 4 is 30.0 Å². The summed E-state index contributed by atoms with van der Waals surface area (Å²) in [7, 11) is 0. The molecule has 0 unspecified atom stereocenters. The molecule has 2 aliphatic rings. The normalized spacial score (nSPS) is 19.4. The first-order valence-electron chi connectivity index (χ1n) is 14.2. The molecule has 1 fully saturated rings. The fourth-order valence-corrected chi connectivity index (χ4v) is 5.82. The maximum atomic E-state index is 13.0. The number of aromatic carboxylic acids is 1. The first-order chi connectivity index (χ1) is 19.5. The number of carboxylic acid groups (broad SMARTS) is 1. The molecule has 2 atom stereocenters. The number of hydrogen-bond acceptors (Lipinski definition) is 4. The van der Waals surface area contributed by atoms with E-state index in [0.29, 0.717) is 24.2 Å². The van der Waals surface area contributed by atoms with Crippen molar-refractivity contribution < 1.29 is 19.5 Å². The molecular weight excluding hydrogens is 502 g/mol. The molecule has 2 aliphatic carbocycles. The highest BCUT2D eigenvalue weighted by atomic mass is 16.4. The molecule has 1 N–H and O–H groups in total. The average molecular weight is 538 g/mol. The third-order valence-corrected chi connectivity index (χ3v) is 8.05. The molecule has 1 aromatic heterocycles. The molecule has 3 aromatic rings. The van der Waals surface area contributed by atoms with Crippen LogP contribution in [0, 0.1) is 11.8 Å². The van der Waals surface area contributed by atoms with Gasteiger partial charge in [-0.15, -0.1) is 0 Å². The fourth-order valence-electron chi connectivity index (χ4n) is 5.82. The van der Waals surface area contributed by atoms with E-state index in [4.69, 9.17) is 4.98 Å².